The third-order valence-electron chi connectivity index (χ3n) is 5.20. The van der Waals surface area contributed by atoms with Gasteiger partial charge in [-0.05, 0) is 49.7 Å². The van der Waals surface area contributed by atoms with Crippen LogP contribution in [0.4, 0.5) is 5.13 Å². The molecule has 4 aromatic rings. The molecule has 0 radical (unpaired) electrons. The molecule has 10 heteroatoms. The maximum Gasteiger partial charge on any atom is 0.338 e. The Kier molecular flexibility index (Phi) is 7.11. The molecule has 1 amide bonds. The number of anilines is 1. The van der Waals surface area contributed by atoms with E-state index in [-0.39, 0.29) is 23.2 Å². The number of carbonyl (C=O) groups excluding carboxylic acids is 2. The van der Waals surface area contributed by atoms with E-state index >= 15 is 0 Å². The van der Waals surface area contributed by atoms with E-state index in [1.54, 1.807) is 32.2 Å². The van der Waals surface area contributed by atoms with Crippen molar-refractivity contribution in [3.8, 4) is 5.75 Å². The number of rotatable bonds is 7. The number of ether oxygens (including phenoxy) is 2. The first-order chi connectivity index (χ1) is 16.3. The number of aromatic nitrogens is 2. The number of aromatic amines is 1. The minimum atomic E-state index is -0.445. The van der Waals surface area contributed by atoms with E-state index in [0.717, 1.165) is 16.0 Å². The van der Waals surface area contributed by atoms with Gasteiger partial charge in [-0.15, -0.1) is 0 Å². The van der Waals surface area contributed by atoms with E-state index in [0.29, 0.717) is 33.5 Å². The monoisotopic (exact) mass is 517 g/mol. The van der Waals surface area contributed by atoms with Gasteiger partial charge in [-0.1, -0.05) is 46.7 Å². The predicted molar refractivity (Wildman–Crippen MR) is 135 cm³/mol. The second kappa shape index (κ2) is 10.0. The third-order valence-corrected chi connectivity index (χ3v) is 7.19. The number of hydrogen-bond acceptors (Lipinski definition) is 6. The summed E-state index contributed by atoms with van der Waals surface area (Å²) in [6.45, 7) is 4.11. The number of methoxy groups -OCH3 is 1. The molecule has 1 N–H and O–H groups in total. The van der Waals surface area contributed by atoms with E-state index in [2.05, 4.69) is 9.97 Å². The standard InChI is InChI=1S/C24H21Cl2N3O4S/c1-4-29(22(30)21-20(26)19(25)13(2)27-21)24-28-17-10-7-15(11-18(17)34-24)23(31)33-12-14-5-8-16(32-3)9-6-14/h5-11,27H,4,12H2,1-3H3. The average Bonchev–Trinajstić information content (AvgIpc) is 3.38. The number of thiazole rings is 1. The van der Waals surface area contributed by atoms with Gasteiger partial charge in [-0.25, -0.2) is 9.78 Å². The third kappa shape index (κ3) is 4.75. The molecule has 0 spiro atoms. The molecule has 7 nitrogen and oxygen atoms in total. The number of esters is 1. The molecule has 2 heterocycles. The van der Waals surface area contributed by atoms with E-state index in [1.807, 2.05) is 31.2 Å². The number of fused-ring (bicyclic) bond motifs is 1. The van der Waals surface area contributed by atoms with Crippen LogP contribution in [-0.4, -0.2) is 35.5 Å². The van der Waals surface area contributed by atoms with Crippen molar-refractivity contribution in [2.24, 2.45) is 0 Å². The zero-order chi connectivity index (χ0) is 24.4. The van der Waals surface area contributed by atoms with E-state index in [1.165, 1.54) is 16.2 Å². The van der Waals surface area contributed by atoms with Crippen LogP contribution in [0.3, 0.4) is 0 Å². The van der Waals surface area contributed by atoms with E-state index in [9.17, 15) is 9.59 Å². The summed E-state index contributed by atoms with van der Waals surface area (Å²) in [5, 5.41) is 1.000. The summed E-state index contributed by atoms with van der Waals surface area (Å²) in [5.41, 5.74) is 2.76. The minimum Gasteiger partial charge on any atom is -0.497 e. The Morgan fingerprint density at radius 1 is 1.12 bits per heavy atom. The van der Waals surface area contributed by atoms with Gasteiger partial charge in [0, 0.05) is 12.2 Å². The average molecular weight is 518 g/mol. The van der Waals surface area contributed by atoms with Crippen LogP contribution in [0.15, 0.2) is 42.5 Å². The fourth-order valence-electron chi connectivity index (χ4n) is 3.33. The zero-order valence-corrected chi connectivity index (χ0v) is 21.0. The first-order valence-electron chi connectivity index (χ1n) is 10.4. The Morgan fingerprint density at radius 2 is 1.85 bits per heavy atom. The van der Waals surface area contributed by atoms with Crippen LogP contribution in [0.2, 0.25) is 10.0 Å². The van der Waals surface area contributed by atoms with E-state index < -0.39 is 5.97 Å². The first-order valence-corrected chi connectivity index (χ1v) is 12.0. The molecule has 2 aromatic carbocycles. The number of benzene rings is 2. The fraction of sp³-hybridized carbons (Fsp3) is 0.208. The number of nitrogens with zero attached hydrogens (tertiary/aromatic N) is 2. The summed E-state index contributed by atoms with van der Waals surface area (Å²) < 4.78 is 11.3. The molecule has 0 unspecified atom stereocenters. The summed E-state index contributed by atoms with van der Waals surface area (Å²) in [5.74, 6) is -0.0436. The van der Waals surface area contributed by atoms with Crippen molar-refractivity contribution in [3.63, 3.8) is 0 Å². The molecular formula is C24H21Cl2N3O4S. The van der Waals surface area contributed by atoms with Crippen LogP contribution in [0, 0.1) is 6.92 Å². The number of amides is 1. The van der Waals surface area contributed by atoms with Crippen molar-refractivity contribution in [3.05, 3.63) is 75.0 Å². The summed E-state index contributed by atoms with van der Waals surface area (Å²) in [4.78, 5) is 34.7. The molecule has 0 aliphatic rings. The van der Waals surface area contributed by atoms with Gasteiger partial charge in [0.25, 0.3) is 5.91 Å². The smallest absolute Gasteiger partial charge is 0.338 e. The van der Waals surface area contributed by atoms with Crippen molar-refractivity contribution in [1.82, 2.24) is 9.97 Å². The van der Waals surface area contributed by atoms with Gasteiger partial charge in [0.05, 0.1) is 32.9 Å². The summed E-state index contributed by atoms with van der Waals surface area (Å²) in [6.07, 6.45) is 0. The van der Waals surface area contributed by atoms with Crippen LogP contribution >= 0.6 is 34.5 Å². The summed E-state index contributed by atoms with van der Waals surface area (Å²) in [7, 11) is 1.59. The molecule has 176 valence electrons. The van der Waals surface area contributed by atoms with Crippen LogP contribution in [0.5, 0.6) is 5.75 Å². The summed E-state index contributed by atoms with van der Waals surface area (Å²) in [6, 6.07) is 12.4. The Balaban J connectivity index is 1.52. The molecule has 2 aromatic heterocycles. The minimum absolute atomic E-state index is 0.145. The quantitative estimate of drug-likeness (QED) is 0.292. The normalized spacial score (nSPS) is 11.0. The highest BCUT2D eigenvalue weighted by Crippen LogP contribution is 2.34. The first kappa shape index (κ1) is 24.1. The Bertz CT molecular complexity index is 1360. The highest BCUT2D eigenvalue weighted by molar-refractivity contribution is 7.22. The highest BCUT2D eigenvalue weighted by atomic mass is 35.5. The van der Waals surface area contributed by atoms with Gasteiger partial charge < -0.3 is 14.5 Å². The molecule has 0 aliphatic heterocycles. The molecule has 0 fully saturated rings. The lowest BCUT2D eigenvalue weighted by Crippen LogP contribution is -2.31. The number of hydrogen-bond donors (Lipinski definition) is 1. The van der Waals surface area contributed by atoms with Gasteiger partial charge in [-0.3, -0.25) is 9.69 Å². The van der Waals surface area contributed by atoms with Gasteiger partial charge in [0.2, 0.25) is 0 Å². The van der Waals surface area contributed by atoms with Crippen molar-refractivity contribution >= 4 is 61.8 Å². The maximum atomic E-state index is 13.1. The molecular weight excluding hydrogens is 497 g/mol. The van der Waals surface area contributed by atoms with Gasteiger partial charge >= 0.3 is 5.97 Å². The van der Waals surface area contributed by atoms with Crippen LogP contribution in [0.1, 0.15) is 39.0 Å². The lowest BCUT2D eigenvalue weighted by atomic mass is 10.2. The van der Waals surface area contributed by atoms with Crippen molar-refractivity contribution < 1.29 is 19.1 Å². The second-order valence-corrected chi connectivity index (χ2v) is 9.17. The SMILES string of the molecule is CCN(C(=O)c1[nH]c(C)c(Cl)c1Cl)c1nc2ccc(C(=O)OCc3ccc(OC)cc3)cc2s1. The largest absolute Gasteiger partial charge is 0.497 e. The van der Waals surface area contributed by atoms with Crippen LogP contribution in [-0.2, 0) is 11.3 Å². The molecule has 0 atom stereocenters. The molecule has 0 saturated heterocycles. The number of nitrogens with one attached hydrogen (secondary N) is 1. The number of halogens is 2. The Labute approximate surface area is 210 Å². The lowest BCUT2D eigenvalue weighted by Gasteiger charge is -2.16. The highest BCUT2D eigenvalue weighted by Gasteiger charge is 2.25. The van der Waals surface area contributed by atoms with Crippen LogP contribution in [0.25, 0.3) is 10.2 Å². The predicted octanol–water partition coefficient (Wildman–Crippen LogP) is 6.27. The van der Waals surface area contributed by atoms with Crippen LogP contribution < -0.4 is 9.64 Å². The zero-order valence-electron chi connectivity index (χ0n) is 18.6. The second-order valence-electron chi connectivity index (χ2n) is 7.41. The molecule has 0 bridgehead atoms. The molecule has 0 saturated carbocycles. The number of aryl methyl sites for hydroxylation is 1. The van der Waals surface area contributed by atoms with Gasteiger partial charge in [0.15, 0.2) is 5.13 Å². The number of carbonyl (C=O) groups is 2. The molecule has 0 aliphatic carbocycles. The molecule has 4 rings (SSSR count). The lowest BCUT2D eigenvalue weighted by molar-refractivity contribution is 0.0473. The van der Waals surface area contributed by atoms with E-state index in [4.69, 9.17) is 32.7 Å². The fourth-order valence-corrected chi connectivity index (χ4v) is 4.81. The number of H-pyrrole nitrogens is 1. The Hall–Kier alpha value is -3.07. The summed E-state index contributed by atoms with van der Waals surface area (Å²) >= 11 is 13.7. The van der Waals surface area contributed by atoms with Crippen molar-refractivity contribution in [1.29, 1.82) is 0 Å². The van der Waals surface area contributed by atoms with Gasteiger partial charge in [-0.2, -0.15) is 0 Å². The molecule has 34 heavy (non-hydrogen) atoms. The maximum absolute atomic E-state index is 13.1. The topological polar surface area (TPSA) is 84.5 Å². The van der Waals surface area contributed by atoms with Crippen molar-refractivity contribution in [2.45, 2.75) is 20.5 Å². The van der Waals surface area contributed by atoms with Gasteiger partial charge in [0.1, 0.15) is 18.1 Å². The Morgan fingerprint density at radius 3 is 2.47 bits per heavy atom. The van der Waals surface area contributed by atoms with Crippen molar-refractivity contribution in [2.75, 3.05) is 18.6 Å².